The van der Waals surface area contributed by atoms with Gasteiger partial charge in [0.1, 0.15) is 5.75 Å². The van der Waals surface area contributed by atoms with Crippen LogP contribution in [0.15, 0.2) is 24.3 Å². The second-order valence-electron chi connectivity index (χ2n) is 4.27. The SMILES string of the molecule is Cc1n[nH]c(C)c1NC(C)c1cccc(O)c1. The first kappa shape index (κ1) is 11.5. The number of rotatable bonds is 3. The van der Waals surface area contributed by atoms with Crippen LogP contribution in [0.3, 0.4) is 0 Å². The highest BCUT2D eigenvalue weighted by Gasteiger charge is 2.11. The van der Waals surface area contributed by atoms with E-state index >= 15 is 0 Å². The Kier molecular flexibility index (Phi) is 3.04. The van der Waals surface area contributed by atoms with Gasteiger partial charge in [0.25, 0.3) is 0 Å². The molecule has 1 atom stereocenters. The van der Waals surface area contributed by atoms with Crippen LogP contribution in [-0.2, 0) is 0 Å². The summed E-state index contributed by atoms with van der Waals surface area (Å²) in [6, 6.07) is 7.39. The quantitative estimate of drug-likeness (QED) is 0.761. The number of aryl methyl sites for hydroxylation is 2. The number of hydrogen-bond acceptors (Lipinski definition) is 3. The highest BCUT2D eigenvalue weighted by Crippen LogP contribution is 2.25. The minimum atomic E-state index is 0.122. The standard InChI is InChI=1S/C13H17N3O/c1-8(11-5-4-6-12(17)7-11)14-13-9(2)15-16-10(13)3/h4-8,14,17H,1-3H3,(H,15,16). The molecule has 0 saturated carbocycles. The maximum Gasteiger partial charge on any atom is 0.115 e. The van der Waals surface area contributed by atoms with Crippen molar-refractivity contribution in [2.45, 2.75) is 26.8 Å². The van der Waals surface area contributed by atoms with Crippen molar-refractivity contribution in [1.82, 2.24) is 10.2 Å². The van der Waals surface area contributed by atoms with Crippen LogP contribution in [0.2, 0.25) is 0 Å². The average molecular weight is 231 g/mol. The first-order valence-electron chi connectivity index (χ1n) is 5.65. The summed E-state index contributed by atoms with van der Waals surface area (Å²) in [4.78, 5) is 0. The molecule has 90 valence electrons. The Labute approximate surface area is 101 Å². The van der Waals surface area contributed by atoms with Gasteiger partial charge in [-0.15, -0.1) is 0 Å². The van der Waals surface area contributed by atoms with Crippen molar-refractivity contribution in [3.63, 3.8) is 0 Å². The van der Waals surface area contributed by atoms with Crippen LogP contribution in [0.4, 0.5) is 5.69 Å². The molecule has 0 bridgehead atoms. The third-order valence-electron chi connectivity index (χ3n) is 2.86. The first-order chi connectivity index (χ1) is 8.08. The minimum absolute atomic E-state index is 0.122. The molecule has 0 saturated heterocycles. The van der Waals surface area contributed by atoms with Crippen molar-refractivity contribution in [3.05, 3.63) is 41.2 Å². The summed E-state index contributed by atoms with van der Waals surface area (Å²) in [6.45, 7) is 6.00. The number of aromatic amines is 1. The molecule has 1 unspecified atom stereocenters. The van der Waals surface area contributed by atoms with Gasteiger partial charge in [-0.2, -0.15) is 5.10 Å². The zero-order valence-corrected chi connectivity index (χ0v) is 10.3. The molecule has 1 aromatic carbocycles. The molecule has 0 amide bonds. The largest absolute Gasteiger partial charge is 0.508 e. The predicted octanol–water partition coefficient (Wildman–Crippen LogP) is 2.91. The van der Waals surface area contributed by atoms with E-state index in [1.807, 2.05) is 26.0 Å². The van der Waals surface area contributed by atoms with E-state index in [-0.39, 0.29) is 11.8 Å². The Bertz CT molecular complexity index is 500. The lowest BCUT2D eigenvalue weighted by atomic mass is 10.1. The molecular formula is C13H17N3O. The number of anilines is 1. The molecule has 4 heteroatoms. The Morgan fingerprint density at radius 1 is 1.35 bits per heavy atom. The molecule has 0 radical (unpaired) electrons. The van der Waals surface area contributed by atoms with Crippen molar-refractivity contribution in [1.29, 1.82) is 0 Å². The van der Waals surface area contributed by atoms with Crippen LogP contribution in [0.5, 0.6) is 5.75 Å². The van der Waals surface area contributed by atoms with Gasteiger partial charge in [0.05, 0.1) is 17.1 Å². The van der Waals surface area contributed by atoms with Crippen molar-refractivity contribution in [2.75, 3.05) is 5.32 Å². The van der Waals surface area contributed by atoms with Crippen molar-refractivity contribution >= 4 is 5.69 Å². The number of benzene rings is 1. The number of aromatic hydroxyl groups is 1. The summed E-state index contributed by atoms with van der Waals surface area (Å²) in [5, 5.41) is 19.9. The normalized spacial score (nSPS) is 12.4. The third-order valence-corrected chi connectivity index (χ3v) is 2.86. The number of H-pyrrole nitrogens is 1. The van der Waals surface area contributed by atoms with Gasteiger partial charge < -0.3 is 10.4 Å². The minimum Gasteiger partial charge on any atom is -0.508 e. The van der Waals surface area contributed by atoms with Gasteiger partial charge >= 0.3 is 0 Å². The first-order valence-corrected chi connectivity index (χ1v) is 5.65. The van der Waals surface area contributed by atoms with Crippen LogP contribution < -0.4 is 5.32 Å². The van der Waals surface area contributed by atoms with Gasteiger partial charge in [-0.05, 0) is 38.5 Å². The lowest BCUT2D eigenvalue weighted by molar-refractivity contribution is 0.474. The Hall–Kier alpha value is -1.97. The van der Waals surface area contributed by atoms with Crippen LogP contribution >= 0.6 is 0 Å². The molecule has 1 aromatic heterocycles. The molecule has 0 spiro atoms. The molecule has 1 heterocycles. The molecular weight excluding hydrogens is 214 g/mol. The number of hydrogen-bond donors (Lipinski definition) is 3. The maximum atomic E-state index is 9.45. The number of phenols is 1. The summed E-state index contributed by atoms with van der Waals surface area (Å²) in [6.07, 6.45) is 0. The number of aromatic nitrogens is 2. The lowest BCUT2D eigenvalue weighted by Gasteiger charge is -2.16. The summed E-state index contributed by atoms with van der Waals surface area (Å²) in [5.74, 6) is 0.289. The molecule has 2 aromatic rings. The third kappa shape index (κ3) is 2.41. The van der Waals surface area contributed by atoms with Crippen molar-refractivity contribution < 1.29 is 5.11 Å². The van der Waals surface area contributed by atoms with Gasteiger partial charge in [-0.25, -0.2) is 0 Å². The summed E-state index contributed by atoms with van der Waals surface area (Å²) in [5.41, 5.74) is 4.05. The van der Waals surface area contributed by atoms with E-state index in [1.54, 1.807) is 12.1 Å². The van der Waals surface area contributed by atoms with Crippen LogP contribution in [0.1, 0.15) is 29.9 Å². The zero-order valence-electron chi connectivity index (χ0n) is 10.3. The van der Waals surface area contributed by atoms with Crippen LogP contribution in [0, 0.1) is 13.8 Å². The smallest absolute Gasteiger partial charge is 0.115 e. The van der Waals surface area contributed by atoms with E-state index in [4.69, 9.17) is 0 Å². The van der Waals surface area contributed by atoms with Gasteiger partial charge in [0.2, 0.25) is 0 Å². The summed E-state index contributed by atoms with van der Waals surface area (Å²) in [7, 11) is 0. The van der Waals surface area contributed by atoms with Crippen LogP contribution in [-0.4, -0.2) is 15.3 Å². The highest BCUT2D eigenvalue weighted by molar-refractivity contribution is 5.53. The maximum absolute atomic E-state index is 9.45. The topological polar surface area (TPSA) is 60.9 Å². The number of nitrogens with zero attached hydrogens (tertiary/aromatic N) is 1. The number of phenolic OH excluding ortho intramolecular Hbond substituents is 1. The van der Waals surface area contributed by atoms with E-state index in [2.05, 4.69) is 22.4 Å². The molecule has 2 rings (SSSR count). The van der Waals surface area contributed by atoms with Crippen LogP contribution in [0.25, 0.3) is 0 Å². The average Bonchev–Trinajstić information content (AvgIpc) is 2.61. The second kappa shape index (κ2) is 4.49. The second-order valence-corrected chi connectivity index (χ2v) is 4.27. The van der Waals surface area contributed by atoms with Crippen molar-refractivity contribution in [3.8, 4) is 5.75 Å². The molecule has 17 heavy (non-hydrogen) atoms. The van der Waals surface area contributed by atoms with Crippen molar-refractivity contribution in [2.24, 2.45) is 0 Å². The Morgan fingerprint density at radius 2 is 2.12 bits per heavy atom. The molecule has 4 nitrogen and oxygen atoms in total. The number of nitrogens with one attached hydrogen (secondary N) is 2. The molecule has 0 aliphatic carbocycles. The predicted molar refractivity (Wildman–Crippen MR) is 68.2 cm³/mol. The van der Waals surface area contributed by atoms with E-state index in [0.717, 1.165) is 22.6 Å². The van der Waals surface area contributed by atoms with E-state index in [0.29, 0.717) is 0 Å². The lowest BCUT2D eigenvalue weighted by Crippen LogP contribution is -2.07. The fourth-order valence-corrected chi connectivity index (χ4v) is 1.86. The van der Waals surface area contributed by atoms with Gasteiger partial charge in [0.15, 0.2) is 0 Å². The molecule has 0 aliphatic heterocycles. The molecule has 0 aliphatic rings. The van der Waals surface area contributed by atoms with Gasteiger partial charge in [-0.3, -0.25) is 5.10 Å². The summed E-state index contributed by atoms with van der Waals surface area (Å²) < 4.78 is 0. The highest BCUT2D eigenvalue weighted by atomic mass is 16.3. The fourth-order valence-electron chi connectivity index (χ4n) is 1.86. The summed E-state index contributed by atoms with van der Waals surface area (Å²) >= 11 is 0. The molecule has 3 N–H and O–H groups in total. The fraction of sp³-hybridized carbons (Fsp3) is 0.308. The van der Waals surface area contributed by atoms with E-state index < -0.39 is 0 Å². The monoisotopic (exact) mass is 231 g/mol. The van der Waals surface area contributed by atoms with E-state index in [1.165, 1.54) is 0 Å². The Balaban J connectivity index is 2.20. The molecule has 0 fully saturated rings. The van der Waals surface area contributed by atoms with Gasteiger partial charge in [0, 0.05) is 6.04 Å². The van der Waals surface area contributed by atoms with E-state index in [9.17, 15) is 5.11 Å². The Morgan fingerprint density at radius 3 is 2.71 bits per heavy atom. The zero-order chi connectivity index (χ0) is 12.4. The van der Waals surface area contributed by atoms with Gasteiger partial charge in [-0.1, -0.05) is 12.1 Å².